The van der Waals surface area contributed by atoms with Crippen LogP contribution in [0.4, 0.5) is 10.1 Å². The summed E-state index contributed by atoms with van der Waals surface area (Å²) in [4.78, 5) is 14.3. The molecule has 23 heavy (non-hydrogen) atoms. The van der Waals surface area contributed by atoms with E-state index < -0.39 is 16.0 Å². The van der Waals surface area contributed by atoms with Gasteiger partial charge < -0.3 is 4.90 Å². The second kappa shape index (κ2) is 8.02. The summed E-state index contributed by atoms with van der Waals surface area (Å²) in [6.45, 7) is 4.04. The lowest BCUT2D eigenvalue weighted by Gasteiger charge is -2.24. The summed E-state index contributed by atoms with van der Waals surface area (Å²) in [5.41, 5.74) is 1.42. The van der Waals surface area contributed by atoms with Gasteiger partial charge in [0.25, 0.3) is 0 Å². The molecule has 2 aromatic rings. The zero-order chi connectivity index (χ0) is 16.8. The van der Waals surface area contributed by atoms with Crippen molar-refractivity contribution in [1.29, 1.82) is 0 Å². The number of hydrogen-bond donors (Lipinski definition) is 0. The molecule has 0 aliphatic heterocycles. The summed E-state index contributed by atoms with van der Waals surface area (Å²) < 4.78 is 25.7. The smallest absolute Gasteiger partial charge is 0.242 e. The monoisotopic (exact) mass is 333 g/mol. The summed E-state index contributed by atoms with van der Waals surface area (Å²) in [6, 6.07) is 15.3. The lowest BCUT2D eigenvalue weighted by Crippen LogP contribution is -2.40. The Hall–Kier alpha value is -2.01. The third-order valence-electron chi connectivity index (χ3n) is 3.59. The fraction of sp³-hybridized carbons (Fsp3) is 0.278. The summed E-state index contributed by atoms with van der Waals surface area (Å²) in [5, 5.41) is -0.654. The number of benzene rings is 2. The van der Waals surface area contributed by atoms with Crippen LogP contribution in [0.25, 0.3) is 0 Å². The molecule has 0 saturated carbocycles. The van der Waals surface area contributed by atoms with Crippen molar-refractivity contribution in [3.05, 3.63) is 66.0 Å². The Labute approximate surface area is 138 Å². The standard InChI is InChI=1S/C18H20FNO2S/c1-3-20(17-10-5-4-6-11-17)18(21)14(2)23(22)13-15-8-7-9-16(19)12-15/h4-12,14H,3,13H2,1-2H3/t14-,23-/m0/s1. The van der Waals surface area contributed by atoms with Gasteiger partial charge in [0.05, 0.1) is 0 Å². The number of anilines is 1. The van der Waals surface area contributed by atoms with E-state index in [1.165, 1.54) is 12.1 Å². The SMILES string of the molecule is CCN(C(=O)[C@H](C)[S@@](=O)Cc1cccc(F)c1)c1ccccc1. The highest BCUT2D eigenvalue weighted by Crippen LogP contribution is 2.17. The van der Waals surface area contributed by atoms with Gasteiger partial charge in [-0.05, 0) is 43.7 Å². The maximum absolute atomic E-state index is 13.2. The van der Waals surface area contributed by atoms with Gasteiger partial charge in [-0.2, -0.15) is 0 Å². The number of amides is 1. The van der Waals surface area contributed by atoms with Gasteiger partial charge in [-0.3, -0.25) is 9.00 Å². The molecule has 0 radical (unpaired) electrons. The van der Waals surface area contributed by atoms with Crippen molar-refractivity contribution in [3.8, 4) is 0 Å². The zero-order valence-corrected chi connectivity index (χ0v) is 14.1. The van der Waals surface area contributed by atoms with Crippen molar-refractivity contribution in [2.75, 3.05) is 11.4 Å². The van der Waals surface area contributed by atoms with Crippen LogP contribution in [0.3, 0.4) is 0 Å². The van der Waals surface area contributed by atoms with Crippen LogP contribution in [0.15, 0.2) is 54.6 Å². The third-order valence-corrected chi connectivity index (χ3v) is 5.20. The summed E-state index contributed by atoms with van der Waals surface area (Å²) in [7, 11) is -1.41. The summed E-state index contributed by atoms with van der Waals surface area (Å²) in [5.74, 6) is -0.386. The average molecular weight is 333 g/mol. The van der Waals surface area contributed by atoms with Crippen molar-refractivity contribution in [2.45, 2.75) is 24.9 Å². The number of hydrogen-bond acceptors (Lipinski definition) is 2. The molecule has 0 bridgehead atoms. The molecule has 0 spiro atoms. The second-order valence-electron chi connectivity index (χ2n) is 5.22. The molecule has 2 aromatic carbocycles. The number of nitrogens with zero attached hydrogens (tertiary/aromatic N) is 1. The fourth-order valence-corrected chi connectivity index (χ4v) is 3.43. The minimum absolute atomic E-state index is 0.164. The number of carbonyl (C=O) groups is 1. The second-order valence-corrected chi connectivity index (χ2v) is 6.97. The van der Waals surface area contributed by atoms with Gasteiger partial charge in [0, 0.05) is 28.8 Å². The van der Waals surface area contributed by atoms with E-state index in [4.69, 9.17) is 0 Å². The minimum Gasteiger partial charge on any atom is -0.312 e. The van der Waals surface area contributed by atoms with E-state index in [1.807, 2.05) is 37.3 Å². The van der Waals surface area contributed by atoms with Gasteiger partial charge in [0.1, 0.15) is 11.1 Å². The van der Waals surface area contributed by atoms with Crippen LogP contribution in [-0.2, 0) is 21.3 Å². The van der Waals surface area contributed by atoms with Gasteiger partial charge in [-0.1, -0.05) is 30.3 Å². The molecule has 0 aliphatic carbocycles. The number of para-hydroxylation sites is 1. The predicted octanol–water partition coefficient (Wildman–Crippen LogP) is 3.52. The minimum atomic E-state index is -1.41. The maximum Gasteiger partial charge on any atom is 0.242 e. The van der Waals surface area contributed by atoms with E-state index in [0.29, 0.717) is 12.1 Å². The first-order valence-electron chi connectivity index (χ1n) is 7.51. The maximum atomic E-state index is 13.2. The van der Waals surface area contributed by atoms with Crippen LogP contribution >= 0.6 is 0 Å². The van der Waals surface area contributed by atoms with E-state index in [2.05, 4.69) is 0 Å². The lowest BCUT2D eigenvalue weighted by molar-refractivity contribution is -0.117. The third kappa shape index (κ3) is 4.48. The van der Waals surface area contributed by atoms with E-state index in [-0.39, 0.29) is 17.5 Å². The van der Waals surface area contributed by atoms with Gasteiger partial charge in [0.15, 0.2) is 0 Å². The summed E-state index contributed by atoms with van der Waals surface area (Å²) in [6.07, 6.45) is 0. The molecule has 0 aromatic heterocycles. The molecule has 0 fully saturated rings. The molecule has 0 unspecified atom stereocenters. The molecule has 1 amide bonds. The summed E-state index contributed by atoms with van der Waals surface area (Å²) >= 11 is 0. The van der Waals surface area contributed by atoms with Crippen LogP contribution in [0.2, 0.25) is 0 Å². The molecular formula is C18H20FNO2S. The predicted molar refractivity (Wildman–Crippen MR) is 92.2 cm³/mol. The van der Waals surface area contributed by atoms with Crippen LogP contribution in [0, 0.1) is 5.82 Å². The molecule has 3 nitrogen and oxygen atoms in total. The Morgan fingerprint density at radius 2 is 1.87 bits per heavy atom. The molecule has 0 saturated heterocycles. The van der Waals surface area contributed by atoms with Crippen molar-refractivity contribution in [1.82, 2.24) is 0 Å². The molecule has 2 rings (SSSR count). The van der Waals surface area contributed by atoms with E-state index in [9.17, 15) is 13.4 Å². The molecule has 0 heterocycles. The van der Waals surface area contributed by atoms with Gasteiger partial charge in [-0.15, -0.1) is 0 Å². The van der Waals surface area contributed by atoms with Crippen molar-refractivity contribution in [3.63, 3.8) is 0 Å². The molecule has 2 atom stereocenters. The number of halogens is 1. The first kappa shape index (κ1) is 17.3. The van der Waals surface area contributed by atoms with Crippen LogP contribution in [0.5, 0.6) is 0 Å². The van der Waals surface area contributed by atoms with Gasteiger partial charge in [0.2, 0.25) is 5.91 Å². The Kier molecular flexibility index (Phi) is 6.04. The highest BCUT2D eigenvalue weighted by atomic mass is 32.2. The van der Waals surface area contributed by atoms with Crippen LogP contribution in [0.1, 0.15) is 19.4 Å². The largest absolute Gasteiger partial charge is 0.312 e. The normalized spacial score (nSPS) is 13.3. The van der Waals surface area contributed by atoms with Crippen molar-refractivity contribution in [2.24, 2.45) is 0 Å². The first-order valence-corrected chi connectivity index (χ1v) is 8.89. The fourth-order valence-electron chi connectivity index (χ4n) is 2.32. The van der Waals surface area contributed by atoms with Crippen molar-refractivity contribution < 1.29 is 13.4 Å². The molecule has 5 heteroatoms. The van der Waals surface area contributed by atoms with Crippen LogP contribution in [-0.4, -0.2) is 21.9 Å². The average Bonchev–Trinajstić information content (AvgIpc) is 2.55. The van der Waals surface area contributed by atoms with E-state index in [0.717, 1.165) is 5.69 Å². The number of rotatable bonds is 6. The molecule has 0 N–H and O–H groups in total. The quantitative estimate of drug-likeness (QED) is 0.811. The van der Waals surface area contributed by atoms with E-state index in [1.54, 1.807) is 24.0 Å². The number of carbonyl (C=O) groups excluding carboxylic acids is 1. The molecule has 0 aliphatic rings. The van der Waals surface area contributed by atoms with E-state index >= 15 is 0 Å². The highest BCUT2D eigenvalue weighted by molar-refractivity contribution is 7.85. The molecular weight excluding hydrogens is 313 g/mol. The van der Waals surface area contributed by atoms with Crippen LogP contribution < -0.4 is 4.90 Å². The highest BCUT2D eigenvalue weighted by Gasteiger charge is 2.25. The Balaban J connectivity index is 2.10. The van der Waals surface area contributed by atoms with Gasteiger partial charge >= 0.3 is 0 Å². The molecule has 122 valence electrons. The van der Waals surface area contributed by atoms with Crippen molar-refractivity contribution >= 4 is 22.4 Å². The van der Waals surface area contributed by atoms with Gasteiger partial charge in [-0.25, -0.2) is 4.39 Å². The lowest BCUT2D eigenvalue weighted by atomic mass is 10.2. The topological polar surface area (TPSA) is 37.4 Å². The Morgan fingerprint density at radius 3 is 2.48 bits per heavy atom. The Bertz CT molecular complexity index is 690. The first-order chi connectivity index (χ1) is 11.0. The zero-order valence-electron chi connectivity index (χ0n) is 13.2. The Morgan fingerprint density at radius 1 is 1.17 bits per heavy atom.